The quantitative estimate of drug-likeness (QED) is 0.827. The van der Waals surface area contributed by atoms with E-state index in [-0.39, 0.29) is 0 Å². The lowest BCUT2D eigenvalue weighted by Crippen LogP contribution is -2.22. The number of fused-ring (bicyclic) bond motifs is 3. The van der Waals surface area contributed by atoms with Gasteiger partial charge in [0, 0.05) is 18.2 Å². The van der Waals surface area contributed by atoms with Gasteiger partial charge < -0.3 is 9.88 Å². The molecular weight excluding hydrogens is 198 g/mol. The van der Waals surface area contributed by atoms with Crippen LogP contribution in [0.4, 0.5) is 0 Å². The molecular formula is C13H15N3. The summed E-state index contributed by atoms with van der Waals surface area (Å²) >= 11 is 0. The van der Waals surface area contributed by atoms with Crippen molar-refractivity contribution in [1.82, 2.24) is 14.9 Å². The van der Waals surface area contributed by atoms with Crippen LogP contribution in [0.25, 0.3) is 16.6 Å². The zero-order chi connectivity index (χ0) is 11.1. The van der Waals surface area contributed by atoms with Crippen LogP contribution in [0.2, 0.25) is 0 Å². The van der Waals surface area contributed by atoms with E-state index in [2.05, 4.69) is 41.1 Å². The molecule has 3 nitrogen and oxygen atoms in total. The van der Waals surface area contributed by atoms with Gasteiger partial charge >= 0.3 is 0 Å². The van der Waals surface area contributed by atoms with Crippen LogP contribution in [0, 0.1) is 0 Å². The van der Waals surface area contributed by atoms with Crippen LogP contribution in [0.5, 0.6) is 0 Å². The summed E-state index contributed by atoms with van der Waals surface area (Å²) in [6.07, 6.45) is 2.26. The number of nitrogens with one attached hydrogen (secondary N) is 1. The van der Waals surface area contributed by atoms with E-state index < -0.39 is 0 Å². The normalized spacial score (nSPS) is 16.2. The van der Waals surface area contributed by atoms with Gasteiger partial charge in [-0.25, -0.2) is 4.98 Å². The van der Waals surface area contributed by atoms with E-state index >= 15 is 0 Å². The molecule has 3 heteroatoms. The molecule has 0 bridgehead atoms. The van der Waals surface area contributed by atoms with Crippen molar-refractivity contribution in [2.45, 2.75) is 19.5 Å². The van der Waals surface area contributed by atoms with E-state index in [1.165, 1.54) is 11.1 Å². The Kier molecular flexibility index (Phi) is 2.07. The number of aromatic nitrogens is 2. The molecule has 2 heterocycles. The SMILES string of the molecule is CNC(C)C1=CCn2c1nc1ccccc12. The summed E-state index contributed by atoms with van der Waals surface area (Å²) in [5.41, 5.74) is 3.62. The van der Waals surface area contributed by atoms with E-state index in [1.807, 2.05) is 13.1 Å². The van der Waals surface area contributed by atoms with Crippen LogP contribution in [0.1, 0.15) is 12.7 Å². The molecule has 1 aliphatic heterocycles. The van der Waals surface area contributed by atoms with Crippen LogP contribution in [-0.4, -0.2) is 22.6 Å². The Balaban J connectivity index is 2.17. The number of hydrogen-bond acceptors (Lipinski definition) is 2. The molecule has 16 heavy (non-hydrogen) atoms. The molecule has 1 unspecified atom stereocenters. The minimum atomic E-state index is 0.359. The highest BCUT2D eigenvalue weighted by atomic mass is 15.1. The van der Waals surface area contributed by atoms with Crippen molar-refractivity contribution in [2.75, 3.05) is 7.05 Å². The first-order valence-electron chi connectivity index (χ1n) is 5.64. The van der Waals surface area contributed by atoms with Crippen molar-refractivity contribution in [2.24, 2.45) is 0 Å². The number of hydrogen-bond donors (Lipinski definition) is 1. The van der Waals surface area contributed by atoms with Gasteiger partial charge in [0.05, 0.1) is 11.0 Å². The molecule has 0 radical (unpaired) electrons. The number of likely N-dealkylation sites (N-methyl/N-ethyl adjacent to an activating group) is 1. The number of imidazole rings is 1. The zero-order valence-electron chi connectivity index (χ0n) is 9.57. The van der Waals surface area contributed by atoms with Crippen LogP contribution in [-0.2, 0) is 6.54 Å². The number of para-hydroxylation sites is 2. The molecule has 1 aliphatic rings. The Morgan fingerprint density at radius 2 is 2.19 bits per heavy atom. The summed E-state index contributed by atoms with van der Waals surface area (Å²) in [6.45, 7) is 3.11. The first kappa shape index (κ1) is 9.60. The average Bonchev–Trinajstić information content (AvgIpc) is 2.86. The van der Waals surface area contributed by atoms with E-state index in [4.69, 9.17) is 4.98 Å². The van der Waals surface area contributed by atoms with Crippen molar-refractivity contribution in [3.05, 3.63) is 36.2 Å². The lowest BCUT2D eigenvalue weighted by atomic mass is 10.1. The molecule has 0 saturated heterocycles. The van der Waals surface area contributed by atoms with E-state index in [0.717, 1.165) is 17.9 Å². The molecule has 1 N–H and O–H groups in total. The molecule has 3 rings (SSSR count). The van der Waals surface area contributed by atoms with Crippen molar-refractivity contribution in [3.8, 4) is 0 Å². The van der Waals surface area contributed by atoms with Crippen molar-refractivity contribution in [1.29, 1.82) is 0 Å². The minimum absolute atomic E-state index is 0.359. The Morgan fingerprint density at radius 3 is 3.00 bits per heavy atom. The van der Waals surface area contributed by atoms with Crippen molar-refractivity contribution < 1.29 is 0 Å². The third kappa shape index (κ3) is 1.21. The molecule has 0 fully saturated rings. The van der Waals surface area contributed by atoms with Crippen LogP contribution in [0.15, 0.2) is 30.3 Å². The third-order valence-electron chi connectivity index (χ3n) is 3.31. The van der Waals surface area contributed by atoms with E-state index in [0.29, 0.717) is 6.04 Å². The van der Waals surface area contributed by atoms with Crippen LogP contribution in [0.3, 0.4) is 0 Å². The summed E-state index contributed by atoms with van der Waals surface area (Å²) in [4.78, 5) is 4.70. The number of allylic oxidation sites excluding steroid dienone is 1. The predicted octanol–water partition coefficient (Wildman–Crippen LogP) is 2.04. The number of nitrogens with zero attached hydrogens (tertiary/aromatic N) is 2. The molecule has 1 atom stereocenters. The van der Waals surface area contributed by atoms with Gasteiger partial charge in [0.1, 0.15) is 5.82 Å². The Bertz CT molecular complexity index is 566. The summed E-state index contributed by atoms with van der Waals surface area (Å²) in [7, 11) is 1.98. The monoisotopic (exact) mass is 213 g/mol. The summed E-state index contributed by atoms with van der Waals surface area (Å²) < 4.78 is 2.28. The number of rotatable bonds is 2. The van der Waals surface area contributed by atoms with Crippen molar-refractivity contribution in [3.63, 3.8) is 0 Å². The smallest absolute Gasteiger partial charge is 0.138 e. The second-order valence-electron chi connectivity index (χ2n) is 4.20. The van der Waals surface area contributed by atoms with E-state index in [9.17, 15) is 0 Å². The minimum Gasteiger partial charge on any atom is -0.320 e. The topological polar surface area (TPSA) is 29.9 Å². The second-order valence-corrected chi connectivity index (χ2v) is 4.20. The highest BCUT2D eigenvalue weighted by Crippen LogP contribution is 2.28. The van der Waals surface area contributed by atoms with Gasteiger partial charge in [-0.15, -0.1) is 0 Å². The maximum Gasteiger partial charge on any atom is 0.138 e. The van der Waals surface area contributed by atoms with Gasteiger partial charge in [-0.05, 0) is 26.1 Å². The number of benzene rings is 1. The Labute approximate surface area is 94.8 Å². The maximum atomic E-state index is 4.70. The average molecular weight is 213 g/mol. The third-order valence-corrected chi connectivity index (χ3v) is 3.31. The lowest BCUT2D eigenvalue weighted by molar-refractivity contribution is 0.740. The largest absolute Gasteiger partial charge is 0.320 e. The molecule has 2 aromatic rings. The van der Waals surface area contributed by atoms with Gasteiger partial charge in [-0.2, -0.15) is 0 Å². The fraction of sp³-hybridized carbons (Fsp3) is 0.308. The molecule has 0 amide bonds. The maximum absolute atomic E-state index is 4.70. The fourth-order valence-corrected chi connectivity index (χ4v) is 2.29. The molecule has 82 valence electrons. The zero-order valence-corrected chi connectivity index (χ0v) is 9.57. The second kappa shape index (κ2) is 3.46. The standard InChI is InChI=1S/C13H15N3/c1-9(14-2)10-7-8-16-12-6-4-3-5-11(12)15-13(10)16/h3-7,9,14H,8H2,1-2H3. The molecule has 0 aliphatic carbocycles. The van der Waals surface area contributed by atoms with E-state index in [1.54, 1.807) is 0 Å². The Hall–Kier alpha value is -1.61. The van der Waals surface area contributed by atoms with Gasteiger partial charge in [0.2, 0.25) is 0 Å². The summed E-state index contributed by atoms with van der Waals surface area (Å²) in [5, 5.41) is 3.27. The summed E-state index contributed by atoms with van der Waals surface area (Å²) in [6, 6.07) is 8.67. The Morgan fingerprint density at radius 1 is 1.38 bits per heavy atom. The van der Waals surface area contributed by atoms with Crippen molar-refractivity contribution >= 4 is 16.6 Å². The molecule has 0 saturated carbocycles. The molecule has 1 aromatic heterocycles. The van der Waals surface area contributed by atoms with Gasteiger partial charge in [0.25, 0.3) is 0 Å². The van der Waals surface area contributed by atoms with Gasteiger partial charge in [0.15, 0.2) is 0 Å². The van der Waals surface area contributed by atoms with Gasteiger partial charge in [-0.1, -0.05) is 18.2 Å². The first-order valence-corrected chi connectivity index (χ1v) is 5.64. The molecule has 0 spiro atoms. The van der Waals surface area contributed by atoms with Crippen LogP contribution < -0.4 is 5.32 Å². The molecule has 1 aromatic carbocycles. The highest BCUT2D eigenvalue weighted by molar-refractivity contribution is 5.82. The first-order chi connectivity index (χ1) is 7.81. The fourth-order valence-electron chi connectivity index (χ4n) is 2.29. The lowest BCUT2D eigenvalue weighted by Gasteiger charge is -2.10. The predicted molar refractivity (Wildman–Crippen MR) is 66.2 cm³/mol. The van der Waals surface area contributed by atoms with Crippen LogP contribution >= 0.6 is 0 Å². The highest BCUT2D eigenvalue weighted by Gasteiger charge is 2.21. The van der Waals surface area contributed by atoms with Gasteiger partial charge in [-0.3, -0.25) is 0 Å². The summed E-state index contributed by atoms with van der Waals surface area (Å²) in [5.74, 6) is 1.11.